The zero-order valence-electron chi connectivity index (χ0n) is 34.0. The van der Waals surface area contributed by atoms with Gasteiger partial charge in [0.25, 0.3) is 0 Å². The van der Waals surface area contributed by atoms with Crippen LogP contribution in [-0.2, 0) is 22.7 Å². The fourth-order valence-corrected chi connectivity index (χ4v) is 14.2. The molecular formula is C51H53BN2O. The van der Waals surface area contributed by atoms with E-state index >= 15 is 0 Å². The largest absolute Gasteiger partial charge is 0.461 e. The van der Waals surface area contributed by atoms with Crippen LogP contribution in [0.5, 0.6) is 5.75 Å². The number of nitrogens with zero attached hydrogens (tertiary/aromatic N) is 2. The van der Waals surface area contributed by atoms with Gasteiger partial charge >= 0.3 is 6.85 Å². The highest BCUT2D eigenvalue weighted by Gasteiger charge is 2.71. The minimum absolute atomic E-state index is 0.0407. The molecule has 0 aromatic heterocycles. The molecule has 0 radical (unpaired) electrons. The number of hydrogen-bond acceptors (Lipinski definition) is 3. The molecular weight excluding hydrogens is 667 g/mol. The minimum atomic E-state index is -0.461. The zero-order valence-corrected chi connectivity index (χ0v) is 34.0. The van der Waals surface area contributed by atoms with Crippen LogP contribution in [-0.4, -0.2) is 17.9 Å². The van der Waals surface area contributed by atoms with Crippen molar-refractivity contribution in [2.75, 3.05) is 9.71 Å². The Labute approximate surface area is 328 Å². The van der Waals surface area contributed by atoms with E-state index in [0.29, 0.717) is 0 Å². The number of allylic oxidation sites excluding steroid dienone is 3. The van der Waals surface area contributed by atoms with E-state index in [9.17, 15) is 0 Å². The summed E-state index contributed by atoms with van der Waals surface area (Å²) < 4.78 is 7.53. The Morgan fingerprint density at radius 1 is 0.836 bits per heavy atom. The molecule has 276 valence electrons. The molecule has 5 aliphatic heterocycles. The van der Waals surface area contributed by atoms with Gasteiger partial charge in [0.2, 0.25) is 0 Å². The monoisotopic (exact) mass is 720 g/mol. The van der Waals surface area contributed by atoms with Gasteiger partial charge in [-0.1, -0.05) is 107 Å². The second-order valence-corrected chi connectivity index (χ2v) is 19.5. The van der Waals surface area contributed by atoms with Gasteiger partial charge in [-0.05, 0) is 134 Å². The van der Waals surface area contributed by atoms with Crippen LogP contribution in [0, 0.1) is 12.8 Å². The first-order chi connectivity index (χ1) is 26.4. The third-order valence-corrected chi connectivity index (χ3v) is 16.8. The number of hydrogen-bond donors (Lipinski definition) is 0. The predicted molar refractivity (Wildman–Crippen MR) is 228 cm³/mol. The van der Waals surface area contributed by atoms with Gasteiger partial charge < -0.3 is 14.4 Å². The van der Waals surface area contributed by atoms with Crippen LogP contribution in [0.2, 0.25) is 0 Å². The molecule has 0 N–H and O–H groups in total. The highest BCUT2D eigenvalue weighted by Crippen LogP contribution is 2.71. The molecule has 0 saturated heterocycles. The second-order valence-electron chi connectivity index (χ2n) is 19.5. The molecule has 6 unspecified atom stereocenters. The number of unbranched alkanes of at least 4 members (excludes halogenated alkanes) is 1. The number of anilines is 3. The number of aryl methyl sites for hydroxylation is 2. The van der Waals surface area contributed by atoms with Crippen LogP contribution in [0.1, 0.15) is 115 Å². The maximum atomic E-state index is 7.53. The van der Waals surface area contributed by atoms with Crippen molar-refractivity contribution >= 4 is 29.4 Å². The van der Waals surface area contributed by atoms with E-state index in [1.54, 1.807) is 16.7 Å². The van der Waals surface area contributed by atoms with Crippen molar-refractivity contribution in [2.45, 2.75) is 128 Å². The van der Waals surface area contributed by atoms with Crippen molar-refractivity contribution in [1.29, 1.82) is 0 Å². The van der Waals surface area contributed by atoms with E-state index in [1.807, 2.05) is 0 Å². The van der Waals surface area contributed by atoms with E-state index in [0.717, 1.165) is 12.2 Å². The first kappa shape index (κ1) is 32.8. The zero-order chi connectivity index (χ0) is 37.6. The fraction of sp³-hybridized carbons (Fsp3) is 0.412. The van der Waals surface area contributed by atoms with Crippen LogP contribution in [0.15, 0.2) is 107 Å². The molecule has 12 rings (SSSR count). The van der Waals surface area contributed by atoms with E-state index < -0.39 is 11.0 Å². The summed E-state index contributed by atoms with van der Waals surface area (Å²) in [4.78, 5) is 5.84. The molecule has 3 aliphatic carbocycles. The fourth-order valence-electron chi connectivity index (χ4n) is 14.2. The van der Waals surface area contributed by atoms with Crippen molar-refractivity contribution in [1.82, 2.24) is 0 Å². The molecule has 0 spiro atoms. The van der Waals surface area contributed by atoms with E-state index in [-0.39, 0.29) is 29.1 Å². The average molecular weight is 721 g/mol. The molecule has 4 heteroatoms. The smallest absolute Gasteiger partial charge is 0.328 e. The number of para-hydroxylation sites is 2. The van der Waals surface area contributed by atoms with Crippen LogP contribution >= 0.6 is 0 Å². The van der Waals surface area contributed by atoms with E-state index in [1.165, 1.54) is 106 Å². The summed E-state index contributed by atoms with van der Waals surface area (Å²) in [6.07, 6.45) is 13.6. The second kappa shape index (κ2) is 10.1. The quantitative estimate of drug-likeness (QED) is 0.155. The molecule has 0 amide bonds. The summed E-state index contributed by atoms with van der Waals surface area (Å²) in [6.45, 7) is 20.1. The minimum Gasteiger partial charge on any atom is -0.461 e. The van der Waals surface area contributed by atoms with Crippen molar-refractivity contribution in [2.24, 2.45) is 5.92 Å². The molecule has 6 atom stereocenters. The molecule has 55 heavy (non-hydrogen) atoms. The average Bonchev–Trinajstić information content (AvgIpc) is 3.59. The Balaban J connectivity index is 1.28. The van der Waals surface area contributed by atoms with Crippen molar-refractivity contribution < 1.29 is 4.74 Å². The van der Waals surface area contributed by atoms with Gasteiger partial charge in [0.15, 0.2) is 0 Å². The van der Waals surface area contributed by atoms with Crippen molar-refractivity contribution in [3.05, 3.63) is 135 Å². The highest BCUT2D eigenvalue weighted by molar-refractivity contribution is 6.88. The Morgan fingerprint density at radius 2 is 1.64 bits per heavy atom. The molecule has 4 aromatic rings. The summed E-state index contributed by atoms with van der Waals surface area (Å²) >= 11 is 0. The molecule has 5 heterocycles. The number of rotatable bonds is 3. The van der Waals surface area contributed by atoms with Crippen molar-refractivity contribution in [3.63, 3.8) is 0 Å². The Bertz CT molecular complexity index is 2560. The Hall–Kier alpha value is -4.44. The number of fused-ring (bicyclic) bond motifs is 14. The summed E-state index contributed by atoms with van der Waals surface area (Å²) in [7, 11) is 0. The first-order valence-corrected chi connectivity index (χ1v) is 21.4. The van der Waals surface area contributed by atoms with Gasteiger partial charge in [-0.15, -0.1) is 0 Å². The summed E-state index contributed by atoms with van der Waals surface area (Å²) in [5, 5.41) is 0. The van der Waals surface area contributed by atoms with Crippen LogP contribution < -0.4 is 19.9 Å². The highest BCUT2D eigenvalue weighted by atomic mass is 16.5. The predicted octanol–water partition coefficient (Wildman–Crippen LogP) is 11.5. The van der Waals surface area contributed by atoms with E-state index in [4.69, 9.17) is 4.74 Å². The third-order valence-electron chi connectivity index (χ3n) is 16.8. The van der Waals surface area contributed by atoms with Gasteiger partial charge in [-0.25, -0.2) is 0 Å². The molecule has 0 bridgehead atoms. The lowest BCUT2D eigenvalue weighted by Crippen LogP contribution is -2.75. The molecule has 8 aliphatic rings. The summed E-state index contributed by atoms with van der Waals surface area (Å²) in [5.41, 5.74) is 19.1. The third kappa shape index (κ3) is 3.40. The lowest BCUT2D eigenvalue weighted by molar-refractivity contribution is 0.199. The standard InChI is InChI=1S/C51H53BN2O/c1-9-10-16-32-21-22-38-37(29-32)47(4)26-23-31(3)41-44(47)51(8)45(46-50(41,7)35-18-11-12-20-40(35)55-46)52-42-34(27-30(2)28-39(42)53(38)51)33-17-15-19-36-43(33)54(52)49(6)25-14-13-24-48(36,49)5/h11-12,15,17-23,26-29,31H,9-10,13-14,16,24-25H2,1-8H3. The van der Waals surface area contributed by atoms with Crippen molar-refractivity contribution in [3.8, 4) is 16.9 Å². The number of benzene rings is 4. The van der Waals surface area contributed by atoms with Gasteiger partial charge in [0.1, 0.15) is 11.5 Å². The SMILES string of the molecule is CCCCc1ccc2c(c1)C1(C)C=CC(C)C3=C1C1(C)C(=C4Oc5ccccc5C43C)B3c4c(cc(C)cc4N21)-c1cccc2c1N3C1(C)CCCCC21C. The Morgan fingerprint density at radius 3 is 2.47 bits per heavy atom. The summed E-state index contributed by atoms with van der Waals surface area (Å²) in [5.74, 6) is 2.48. The van der Waals surface area contributed by atoms with Crippen LogP contribution in [0.4, 0.5) is 17.1 Å². The van der Waals surface area contributed by atoms with Gasteiger partial charge in [-0.2, -0.15) is 0 Å². The van der Waals surface area contributed by atoms with E-state index in [2.05, 4.69) is 150 Å². The maximum absolute atomic E-state index is 7.53. The van der Waals surface area contributed by atoms with Crippen LogP contribution in [0.25, 0.3) is 11.1 Å². The maximum Gasteiger partial charge on any atom is 0.328 e. The van der Waals surface area contributed by atoms with Crippen LogP contribution in [0.3, 0.4) is 0 Å². The molecule has 4 aromatic carbocycles. The molecule has 1 fully saturated rings. The summed E-state index contributed by atoms with van der Waals surface area (Å²) in [6, 6.07) is 28.9. The molecule has 3 nitrogen and oxygen atoms in total. The lowest BCUT2D eigenvalue weighted by Gasteiger charge is -2.66. The Kier molecular flexibility index (Phi) is 6.02. The topological polar surface area (TPSA) is 15.7 Å². The van der Waals surface area contributed by atoms with Gasteiger partial charge in [0.05, 0.1) is 11.0 Å². The first-order valence-electron chi connectivity index (χ1n) is 21.4. The molecule has 1 saturated carbocycles. The normalized spacial score (nSPS) is 33.4. The lowest BCUT2D eigenvalue weighted by atomic mass is 9.33. The number of ether oxygens (including phenoxy) is 1. The van der Waals surface area contributed by atoms with Gasteiger partial charge in [-0.3, -0.25) is 0 Å². The van der Waals surface area contributed by atoms with Gasteiger partial charge in [0, 0.05) is 44.6 Å².